The van der Waals surface area contributed by atoms with Gasteiger partial charge in [0.15, 0.2) is 0 Å². The number of hydrogen-bond acceptors (Lipinski definition) is 1. The van der Waals surface area contributed by atoms with Crippen LogP contribution in [0.1, 0.15) is 13.8 Å². The second-order valence-corrected chi connectivity index (χ2v) is 1.59. The molecule has 0 saturated carbocycles. The van der Waals surface area contributed by atoms with Crippen molar-refractivity contribution in [2.24, 2.45) is 15.0 Å². The molecule has 50 valence electrons. The van der Waals surface area contributed by atoms with Gasteiger partial charge < -0.3 is 0 Å². The third-order valence-electron chi connectivity index (χ3n) is 0.876. The van der Waals surface area contributed by atoms with Crippen molar-refractivity contribution in [2.45, 2.75) is 13.8 Å². The molecule has 0 fully saturated rings. The molecule has 0 aliphatic carbocycles. The van der Waals surface area contributed by atoms with Crippen LogP contribution < -0.4 is 0 Å². The van der Waals surface area contributed by atoms with Gasteiger partial charge in [-0.1, -0.05) is 0 Å². The fraction of sp³-hybridized carbons (Fsp3) is 0.500. The SMILES string of the molecule is C=N/C(C)=N\C(C)=N/C. The number of aliphatic imine (C=N–C) groups is 3. The highest BCUT2D eigenvalue weighted by Gasteiger charge is 1.83. The highest BCUT2D eigenvalue weighted by atomic mass is 15.0. The first kappa shape index (κ1) is 8.01. The first-order chi connectivity index (χ1) is 4.20. The van der Waals surface area contributed by atoms with Crippen LogP contribution in [0.25, 0.3) is 0 Å². The van der Waals surface area contributed by atoms with Gasteiger partial charge in [0.2, 0.25) is 0 Å². The molecule has 9 heavy (non-hydrogen) atoms. The molecule has 0 bridgehead atoms. The topological polar surface area (TPSA) is 37.1 Å². The molecule has 0 N–H and O–H groups in total. The molecule has 0 rings (SSSR count). The molecule has 3 heteroatoms. The summed E-state index contributed by atoms with van der Waals surface area (Å²) in [6, 6.07) is 0. The van der Waals surface area contributed by atoms with E-state index in [4.69, 9.17) is 0 Å². The standard InChI is InChI=1S/C6H11N3/c1-5(7-3)9-6(2)8-4/h3H2,1-2,4H3/b8-6-,9-5-. The van der Waals surface area contributed by atoms with E-state index in [0.29, 0.717) is 5.84 Å². The number of hydrogen-bond donors (Lipinski definition) is 0. The van der Waals surface area contributed by atoms with Crippen molar-refractivity contribution in [3.8, 4) is 0 Å². The van der Waals surface area contributed by atoms with Crippen LogP contribution in [0, 0.1) is 0 Å². The average molecular weight is 125 g/mol. The van der Waals surface area contributed by atoms with Crippen LogP contribution in [0.3, 0.4) is 0 Å². The Morgan fingerprint density at radius 2 is 1.78 bits per heavy atom. The van der Waals surface area contributed by atoms with Crippen molar-refractivity contribution in [1.29, 1.82) is 0 Å². The molecular weight excluding hydrogens is 114 g/mol. The Bertz CT molecular complexity index is 156. The van der Waals surface area contributed by atoms with Crippen molar-refractivity contribution in [2.75, 3.05) is 7.05 Å². The summed E-state index contributed by atoms with van der Waals surface area (Å²) in [5.41, 5.74) is 0. The van der Waals surface area contributed by atoms with Gasteiger partial charge in [-0.3, -0.25) is 4.99 Å². The lowest BCUT2D eigenvalue weighted by Crippen LogP contribution is -1.91. The van der Waals surface area contributed by atoms with Crippen LogP contribution in [0.2, 0.25) is 0 Å². The molecule has 0 radical (unpaired) electrons. The molecule has 0 atom stereocenters. The van der Waals surface area contributed by atoms with Crippen molar-refractivity contribution >= 4 is 18.4 Å². The molecule has 0 aromatic carbocycles. The van der Waals surface area contributed by atoms with Crippen molar-refractivity contribution in [3.63, 3.8) is 0 Å². The summed E-state index contributed by atoms with van der Waals surface area (Å²) in [4.78, 5) is 11.4. The number of nitrogens with zero attached hydrogens (tertiary/aromatic N) is 3. The zero-order valence-corrected chi connectivity index (χ0v) is 6.05. The summed E-state index contributed by atoms with van der Waals surface area (Å²) in [5.74, 6) is 1.37. The molecule has 0 aliphatic heterocycles. The van der Waals surface area contributed by atoms with Crippen LogP contribution in [0.5, 0.6) is 0 Å². The van der Waals surface area contributed by atoms with E-state index in [2.05, 4.69) is 21.7 Å². The summed E-state index contributed by atoms with van der Waals surface area (Å²) >= 11 is 0. The Hall–Kier alpha value is -0.990. The minimum Gasteiger partial charge on any atom is -0.274 e. The fourth-order valence-electron chi connectivity index (χ4n) is 0.320. The molecule has 0 aromatic rings. The van der Waals surface area contributed by atoms with Gasteiger partial charge in [-0.15, -0.1) is 0 Å². The number of rotatable bonds is 0. The molecule has 0 spiro atoms. The van der Waals surface area contributed by atoms with E-state index in [1.54, 1.807) is 14.0 Å². The Balaban J connectivity index is 4.11. The lowest BCUT2D eigenvalue weighted by atomic mass is 10.6. The molecule has 0 heterocycles. The molecule has 3 nitrogen and oxygen atoms in total. The second kappa shape index (κ2) is 3.95. The van der Waals surface area contributed by atoms with Gasteiger partial charge in [-0.25, -0.2) is 9.98 Å². The highest BCUT2D eigenvalue weighted by molar-refractivity contribution is 5.96. The van der Waals surface area contributed by atoms with Crippen molar-refractivity contribution < 1.29 is 0 Å². The van der Waals surface area contributed by atoms with E-state index in [9.17, 15) is 0 Å². The smallest absolute Gasteiger partial charge is 0.126 e. The van der Waals surface area contributed by atoms with Crippen LogP contribution in [-0.4, -0.2) is 25.4 Å². The summed E-state index contributed by atoms with van der Waals surface area (Å²) in [6.45, 7) is 6.91. The van der Waals surface area contributed by atoms with Gasteiger partial charge >= 0.3 is 0 Å². The summed E-state index contributed by atoms with van der Waals surface area (Å²) in [6.07, 6.45) is 0. The highest BCUT2D eigenvalue weighted by Crippen LogP contribution is 1.81. The van der Waals surface area contributed by atoms with Gasteiger partial charge in [0.25, 0.3) is 0 Å². The van der Waals surface area contributed by atoms with Gasteiger partial charge in [-0.2, -0.15) is 0 Å². The lowest BCUT2D eigenvalue weighted by Gasteiger charge is -1.88. The lowest BCUT2D eigenvalue weighted by molar-refractivity contribution is 1.37. The fourth-order valence-corrected chi connectivity index (χ4v) is 0.320. The van der Waals surface area contributed by atoms with E-state index in [-0.39, 0.29) is 0 Å². The van der Waals surface area contributed by atoms with Gasteiger partial charge in [0, 0.05) is 7.05 Å². The Kier molecular flexibility index (Phi) is 3.51. The zero-order valence-electron chi connectivity index (χ0n) is 6.05. The summed E-state index contributed by atoms with van der Waals surface area (Å²) < 4.78 is 0. The maximum Gasteiger partial charge on any atom is 0.126 e. The minimum absolute atomic E-state index is 0.651. The predicted octanol–water partition coefficient (Wildman–Crippen LogP) is 1.15. The van der Waals surface area contributed by atoms with Crippen LogP contribution in [0.15, 0.2) is 15.0 Å². The molecule has 0 unspecified atom stereocenters. The van der Waals surface area contributed by atoms with Gasteiger partial charge in [-0.05, 0) is 20.6 Å². The Morgan fingerprint density at radius 1 is 1.22 bits per heavy atom. The quantitative estimate of drug-likeness (QED) is 0.344. The van der Waals surface area contributed by atoms with E-state index in [1.165, 1.54) is 0 Å². The first-order valence-corrected chi connectivity index (χ1v) is 2.66. The Labute approximate surface area is 55.2 Å². The van der Waals surface area contributed by atoms with E-state index >= 15 is 0 Å². The average Bonchev–Trinajstić information content (AvgIpc) is 1.87. The van der Waals surface area contributed by atoms with Crippen LogP contribution in [0.4, 0.5) is 0 Å². The van der Waals surface area contributed by atoms with Crippen molar-refractivity contribution in [3.05, 3.63) is 0 Å². The van der Waals surface area contributed by atoms with Crippen molar-refractivity contribution in [1.82, 2.24) is 0 Å². The van der Waals surface area contributed by atoms with Crippen LogP contribution >= 0.6 is 0 Å². The summed E-state index contributed by atoms with van der Waals surface area (Å²) in [7, 11) is 1.69. The molecule has 0 aliphatic rings. The largest absolute Gasteiger partial charge is 0.274 e. The molecule has 0 amide bonds. The van der Waals surface area contributed by atoms with Crippen LogP contribution in [-0.2, 0) is 0 Å². The molecule has 0 saturated heterocycles. The maximum absolute atomic E-state index is 3.95. The predicted molar refractivity (Wildman–Crippen MR) is 41.7 cm³/mol. The zero-order chi connectivity index (χ0) is 7.28. The van der Waals surface area contributed by atoms with E-state index < -0.39 is 0 Å². The van der Waals surface area contributed by atoms with Gasteiger partial charge in [0.05, 0.1) is 0 Å². The van der Waals surface area contributed by atoms with Gasteiger partial charge in [0.1, 0.15) is 11.7 Å². The minimum atomic E-state index is 0.651. The second-order valence-electron chi connectivity index (χ2n) is 1.59. The number of amidine groups is 2. The van der Waals surface area contributed by atoms with E-state index in [1.807, 2.05) is 6.92 Å². The van der Waals surface area contributed by atoms with E-state index in [0.717, 1.165) is 5.84 Å². The third-order valence-corrected chi connectivity index (χ3v) is 0.876. The first-order valence-electron chi connectivity index (χ1n) is 2.66. The third kappa shape index (κ3) is 3.58. The Morgan fingerprint density at radius 3 is 2.11 bits per heavy atom. The molecular formula is C6H11N3. The summed E-state index contributed by atoms with van der Waals surface area (Å²) in [5, 5.41) is 0. The normalized spacial score (nSPS) is 13.7. The maximum atomic E-state index is 3.95. The molecule has 0 aromatic heterocycles. The monoisotopic (exact) mass is 125 g/mol.